The van der Waals surface area contributed by atoms with Gasteiger partial charge in [-0.3, -0.25) is 4.90 Å². The van der Waals surface area contributed by atoms with Crippen molar-refractivity contribution >= 4 is 17.7 Å². The summed E-state index contributed by atoms with van der Waals surface area (Å²) < 4.78 is 5.53. The van der Waals surface area contributed by atoms with Crippen molar-refractivity contribution in [1.29, 1.82) is 0 Å². The number of hydrogen-bond donors (Lipinski definition) is 1. The Morgan fingerprint density at radius 3 is 2.52 bits per heavy atom. The number of carbonyl (C=O) groups is 1. The van der Waals surface area contributed by atoms with Gasteiger partial charge in [0.1, 0.15) is 5.60 Å². The molecule has 5 heteroatoms. The molecule has 1 amide bonds. The molecule has 1 fully saturated rings. The van der Waals surface area contributed by atoms with Gasteiger partial charge in [-0.2, -0.15) is 0 Å². The first-order valence-corrected chi connectivity index (χ1v) is 7.63. The number of amides is 1. The molecule has 116 valence electrons. The van der Waals surface area contributed by atoms with Gasteiger partial charge in [0.25, 0.3) is 0 Å². The van der Waals surface area contributed by atoms with Crippen LogP contribution >= 0.6 is 11.6 Å². The van der Waals surface area contributed by atoms with Crippen molar-refractivity contribution in [3.63, 3.8) is 0 Å². The van der Waals surface area contributed by atoms with E-state index < -0.39 is 11.1 Å². The van der Waals surface area contributed by atoms with E-state index in [9.17, 15) is 4.79 Å². The largest absolute Gasteiger partial charge is 0.444 e. The van der Waals surface area contributed by atoms with Crippen LogP contribution in [0.15, 0.2) is 24.3 Å². The van der Waals surface area contributed by atoms with Gasteiger partial charge in [0.05, 0.1) is 5.54 Å². The van der Waals surface area contributed by atoms with Crippen LogP contribution in [0, 0.1) is 0 Å². The number of nitrogens with two attached hydrogens (primary N) is 1. The summed E-state index contributed by atoms with van der Waals surface area (Å²) in [5, 5.41) is 0.674. The number of hydrogen-bond acceptors (Lipinski definition) is 3. The van der Waals surface area contributed by atoms with Gasteiger partial charge in [-0.15, -0.1) is 0 Å². The van der Waals surface area contributed by atoms with E-state index in [0.717, 1.165) is 18.4 Å². The number of likely N-dealkylation sites (tertiary alicyclic amines) is 1. The summed E-state index contributed by atoms with van der Waals surface area (Å²) in [6, 6.07) is 7.55. The maximum atomic E-state index is 12.5. The number of carbonyl (C=O) groups excluding carboxylic acids is 1. The van der Waals surface area contributed by atoms with Crippen LogP contribution in [0.4, 0.5) is 4.79 Å². The molecular weight excluding hydrogens is 288 g/mol. The first-order chi connectivity index (χ1) is 9.78. The lowest BCUT2D eigenvalue weighted by Gasteiger charge is -2.38. The molecular formula is C16H23ClN2O2. The minimum Gasteiger partial charge on any atom is -0.444 e. The second-order valence-electron chi connectivity index (χ2n) is 6.48. The Bertz CT molecular complexity index is 510. The van der Waals surface area contributed by atoms with Crippen molar-refractivity contribution < 1.29 is 9.53 Å². The summed E-state index contributed by atoms with van der Waals surface area (Å²) in [5.74, 6) is 0. The lowest BCUT2D eigenvalue weighted by molar-refractivity contribution is 0.00824. The Hall–Kier alpha value is -1.26. The number of nitrogens with zero attached hydrogens (tertiary/aromatic N) is 1. The Morgan fingerprint density at radius 1 is 1.38 bits per heavy atom. The summed E-state index contributed by atoms with van der Waals surface area (Å²) in [6.07, 6.45) is 1.45. The van der Waals surface area contributed by atoms with Gasteiger partial charge in [-0.1, -0.05) is 23.7 Å². The van der Waals surface area contributed by atoms with Crippen LogP contribution in [0.2, 0.25) is 5.02 Å². The predicted molar refractivity (Wildman–Crippen MR) is 84.4 cm³/mol. The molecule has 0 spiro atoms. The number of benzene rings is 1. The highest BCUT2D eigenvalue weighted by Gasteiger charge is 2.45. The molecule has 0 aliphatic carbocycles. The summed E-state index contributed by atoms with van der Waals surface area (Å²) >= 11 is 5.96. The molecule has 1 atom stereocenters. The summed E-state index contributed by atoms with van der Waals surface area (Å²) in [6.45, 7) is 6.64. The van der Waals surface area contributed by atoms with Gasteiger partial charge < -0.3 is 10.5 Å². The predicted octanol–water partition coefficient (Wildman–Crippen LogP) is 3.52. The van der Waals surface area contributed by atoms with Crippen LogP contribution in [0.1, 0.15) is 39.2 Å². The minimum atomic E-state index is -0.514. The van der Waals surface area contributed by atoms with Crippen molar-refractivity contribution in [1.82, 2.24) is 4.90 Å². The zero-order valence-corrected chi connectivity index (χ0v) is 13.6. The fourth-order valence-electron chi connectivity index (χ4n) is 2.85. The van der Waals surface area contributed by atoms with E-state index >= 15 is 0 Å². The molecule has 0 radical (unpaired) electrons. The second kappa shape index (κ2) is 5.85. The molecule has 0 bridgehead atoms. The van der Waals surface area contributed by atoms with Gasteiger partial charge in [-0.25, -0.2) is 4.79 Å². The zero-order chi connectivity index (χ0) is 15.7. The lowest BCUT2D eigenvalue weighted by atomic mass is 9.87. The number of halogens is 1. The quantitative estimate of drug-likeness (QED) is 0.909. The number of rotatable bonds is 2. The molecule has 1 saturated heterocycles. The van der Waals surface area contributed by atoms with Crippen LogP contribution < -0.4 is 5.73 Å². The maximum absolute atomic E-state index is 12.5. The van der Waals surface area contributed by atoms with Crippen LogP contribution in [0.5, 0.6) is 0 Å². The van der Waals surface area contributed by atoms with Crippen LogP contribution in [-0.4, -0.2) is 29.7 Å². The summed E-state index contributed by atoms with van der Waals surface area (Å²) in [7, 11) is 0. The molecule has 1 heterocycles. The topological polar surface area (TPSA) is 55.6 Å². The third-order valence-electron chi connectivity index (χ3n) is 3.82. The molecule has 0 aromatic heterocycles. The van der Waals surface area contributed by atoms with E-state index in [4.69, 9.17) is 22.1 Å². The molecule has 1 aliphatic rings. The van der Waals surface area contributed by atoms with Crippen LogP contribution in [-0.2, 0) is 10.3 Å². The van der Waals surface area contributed by atoms with E-state index in [0.29, 0.717) is 18.1 Å². The average molecular weight is 311 g/mol. The molecule has 1 aliphatic heterocycles. The molecule has 2 N–H and O–H groups in total. The molecule has 1 aromatic carbocycles. The molecule has 0 saturated carbocycles. The highest BCUT2D eigenvalue weighted by Crippen LogP contribution is 2.39. The standard InChI is InChI=1S/C16H23ClN2O2/c1-15(2,3)21-14(20)19-10-4-9-16(19,11-18)12-5-7-13(17)8-6-12/h5-8H,4,9-11,18H2,1-3H3. The molecule has 1 unspecified atom stereocenters. The normalized spacial score (nSPS) is 22.4. The SMILES string of the molecule is CC(C)(C)OC(=O)N1CCCC1(CN)c1ccc(Cl)cc1. The average Bonchev–Trinajstić information content (AvgIpc) is 2.82. The Kier molecular flexibility index (Phi) is 4.49. The van der Waals surface area contributed by atoms with Crippen molar-refractivity contribution in [3.05, 3.63) is 34.9 Å². The molecule has 1 aromatic rings. The summed E-state index contributed by atoms with van der Waals surface area (Å²) in [5.41, 5.74) is 6.05. The van der Waals surface area contributed by atoms with E-state index in [1.807, 2.05) is 45.0 Å². The molecule has 21 heavy (non-hydrogen) atoms. The Labute approximate surface area is 131 Å². The first kappa shape index (κ1) is 16.1. The van der Waals surface area contributed by atoms with Crippen molar-refractivity contribution in [3.8, 4) is 0 Å². The van der Waals surface area contributed by atoms with Gasteiger partial charge in [0.2, 0.25) is 0 Å². The Balaban J connectivity index is 2.32. The number of ether oxygens (including phenoxy) is 1. The van der Waals surface area contributed by atoms with Crippen LogP contribution in [0.3, 0.4) is 0 Å². The van der Waals surface area contributed by atoms with E-state index in [-0.39, 0.29) is 6.09 Å². The van der Waals surface area contributed by atoms with E-state index in [2.05, 4.69) is 0 Å². The fourth-order valence-corrected chi connectivity index (χ4v) is 2.98. The highest BCUT2D eigenvalue weighted by atomic mass is 35.5. The van der Waals surface area contributed by atoms with Gasteiger partial charge in [-0.05, 0) is 51.3 Å². The van der Waals surface area contributed by atoms with E-state index in [1.54, 1.807) is 4.90 Å². The monoisotopic (exact) mass is 310 g/mol. The lowest BCUT2D eigenvalue weighted by Crippen LogP contribution is -2.51. The van der Waals surface area contributed by atoms with Crippen molar-refractivity contribution in [2.75, 3.05) is 13.1 Å². The molecule has 2 rings (SSSR count). The van der Waals surface area contributed by atoms with E-state index in [1.165, 1.54) is 0 Å². The smallest absolute Gasteiger partial charge is 0.411 e. The third-order valence-corrected chi connectivity index (χ3v) is 4.07. The second-order valence-corrected chi connectivity index (χ2v) is 6.91. The minimum absolute atomic E-state index is 0.305. The van der Waals surface area contributed by atoms with Crippen molar-refractivity contribution in [2.24, 2.45) is 5.73 Å². The fraction of sp³-hybridized carbons (Fsp3) is 0.562. The van der Waals surface area contributed by atoms with Crippen molar-refractivity contribution in [2.45, 2.75) is 44.8 Å². The Morgan fingerprint density at radius 2 is 2.00 bits per heavy atom. The van der Waals surface area contributed by atoms with Gasteiger partial charge in [0.15, 0.2) is 0 Å². The first-order valence-electron chi connectivity index (χ1n) is 7.25. The molecule has 4 nitrogen and oxygen atoms in total. The van der Waals surface area contributed by atoms with Gasteiger partial charge in [0, 0.05) is 18.1 Å². The maximum Gasteiger partial charge on any atom is 0.411 e. The third kappa shape index (κ3) is 3.33. The van der Waals surface area contributed by atoms with Gasteiger partial charge >= 0.3 is 6.09 Å². The van der Waals surface area contributed by atoms with Crippen LogP contribution in [0.25, 0.3) is 0 Å². The highest BCUT2D eigenvalue weighted by molar-refractivity contribution is 6.30. The zero-order valence-electron chi connectivity index (χ0n) is 12.9. The summed E-state index contributed by atoms with van der Waals surface area (Å²) in [4.78, 5) is 14.3.